The van der Waals surface area contributed by atoms with E-state index >= 15 is 0 Å². The van der Waals surface area contributed by atoms with Crippen molar-refractivity contribution in [3.8, 4) is 6.07 Å². The van der Waals surface area contributed by atoms with Gasteiger partial charge in [0.2, 0.25) is 10.0 Å². The average molecular weight is 400 g/mol. The number of piperazine rings is 1. The van der Waals surface area contributed by atoms with Gasteiger partial charge >= 0.3 is 6.18 Å². The summed E-state index contributed by atoms with van der Waals surface area (Å²) in [5.74, 6) is -0.325. The van der Waals surface area contributed by atoms with Gasteiger partial charge in [-0.2, -0.15) is 22.7 Å². The number of benzene rings is 1. The summed E-state index contributed by atoms with van der Waals surface area (Å²) in [5.41, 5.74) is -0.778. The van der Waals surface area contributed by atoms with Crippen LogP contribution in [0.2, 0.25) is 0 Å². The van der Waals surface area contributed by atoms with Crippen molar-refractivity contribution in [1.82, 2.24) is 9.46 Å². The molecule has 0 unspecified atom stereocenters. The highest BCUT2D eigenvalue weighted by molar-refractivity contribution is 7.88. The van der Waals surface area contributed by atoms with E-state index in [2.05, 4.69) is 9.68 Å². The van der Waals surface area contributed by atoms with Gasteiger partial charge in [0.25, 0.3) is 0 Å². The first-order valence-corrected chi connectivity index (χ1v) is 9.55. The number of hydrogen-bond acceptors (Lipinski definition) is 6. The maximum absolute atomic E-state index is 13.3. The van der Waals surface area contributed by atoms with E-state index in [-0.39, 0.29) is 48.9 Å². The monoisotopic (exact) mass is 400 g/mol. The third-order valence-corrected chi connectivity index (χ3v) is 6.04. The Kier molecular flexibility index (Phi) is 5.12. The van der Waals surface area contributed by atoms with Crippen LogP contribution in [-0.4, -0.2) is 44.1 Å². The van der Waals surface area contributed by atoms with Crippen LogP contribution in [0.1, 0.15) is 16.8 Å². The van der Waals surface area contributed by atoms with Crippen LogP contribution in [0, 0.1) is 11.3 Å². The standard InChI is InChI=1S/C16H15F3N4O3S/c17-16(18,19)14-9-12(10-20)1-2-15(14)22-4-6-23(7-5-22)27(24,25)11-13-3-8-26-21-13/h1-3,8-9H,4-7,11H2. The number of sulfonamides is 1. The lowest BCUT2D eigenvalue weighted by Crippen LogP contribution is -2.49. The van der Waals surface area contributed by atoms with Crippen molar-refractivity contribution < 1.29 is 26.1 Å². The molecule has 1 aromatic carbocycles. The molecule has 11 heteroatoms. The Bertz CT molecular complexity index is 944. The molecule has 1 aliphatic rings. The van der Waals surface area contributed by atoms with E-state index in [9.17, 15) is 21.6 Å². The predicted octanol–water partition coefficient (Wildman–Crippen LogP) is 2.22. The molecule has 1 saturated heterocycles. The maximum atomic E-state index is 13.3. The summed E-state index contributed by atoms with van der Waals surface area (Å²) in [5, 5.41) is 12.4. The molecule has 0 atom stereocenters. The minimum atomic E-state index is -4.61. The van der Waals surface area contributed by atoms with Gasteiger partial charge in [0.1, 0.15) is 12.0 Å². The minimum Gasteiger partial charge on any atom is -0.368 e. The van der Waals surface area contributed by atoms with Crippen molar-refractivity contribution in [3.63, 3.8) is 0 Å². The molecule has 2 aromatic rings. The van der Waals surface area contributed by atoms with Crippen LogP contribution in [0.4, 0.5) is 18.9 Å². The molecule has 3 rings (SSSR count). The molecule has 1 aromatic heterocycles. The number of rotatable bonds is 4. The summed E-state index contributed by atoms with van der Waals surface area (Å²) in [4.78, 5) is 1.48. The molecular formula is C16H15F3N4O3S. The fourth-order valence-corrected chi connectivity index (χ4v) is 4.33. The van der Waals surface area contributed by atoms with Gasteiger partial charge in [-0.1, -0.05) is 5.16 Å². The third kappa shape index (κ3) is 4.23. The van der Waals surface area contributed by atoms with Crippen molar-refractivity contribution >= 4 is 15.7 Å². The van der Waals surface area contributed by atoms with E-state index in [1.807, 2.05) is 0 Å². The molecule has 144 valence electrons. The number of nitrogens with zero attached hydrogens (tertiary/aromatic N) is 4. The predicted molar refractivity (Wildman–Crippen MR) is 89.1 cm³/mol. The van der Waals surface area contributed by atoms with Crippen molar-refractivity contribution in [2.45, 2.75) is 11.9 Å². The quantitative estimate of drug-likeness (QED) is 0.782. The van der Waals surface area contributed by atoms with Gasteiger partial charge in [0.15, 0.2) is 0 Å². The van der Waals surface area contributed by atoms with Crippen LogP contribution in [0.25, 0.3) is 0 Å². The summed E-state index contributed by atoms with van der Waals surface area (Å²) < 4.78 is 70.7. The average Bonchev–Trinajstić information content (AvgIpc) is 3.13. The first-order valence-electron chi connectivity index (χ1n) is 7.94. The molecule has 2 heterocycles. The fourth-order valence-electron chi connectivity index (χ4n) is 2.91. The molecule has 0 amide bonds. The summed E-state index contributed by atoms with van der Waals surface area (Å²) in [6.45, 7) is 0.315. The second-order valence-corrected chi connectivity index (χ2v) is 7.94. The van der Waals surface area contributed by atoms with Crippen LogP contribution < -0.4 is 4.90 Å². The van der Waals surface area contributed by atoms with Gasteiger partial charge in [0.05, 0.1) is 22.9 Å². The van der Waals surface area contributed by atoms with Gasteiger partial charge in [-0.25, -0.2) is 8.42 Å². The zero-order valence-corrected chi connectivity index (χ0v) is 14.8. The van der Waals surface area contributed by atoms with Crippen molar-refractivity contribution in [2.75, 3.05) is 31.1 Å². The zero-order chi connectivity index (χ0) is 19.7. The highest BCUT2D eigenvalue weighted by Crippen LogP contribution is 2.37. The number of anilines is 1. The number of halogens is 3. The summed E-state index contributed by atoms with van der Waals surface area (Å²) in [6.07, 6.45) is -3.34. The van der Waals surface area contributed by atoms with Crippen molar-refractivity contribution in [2.24, 2.45) is 0 Å². The van der Waals surface area contributed by atoms with Crippen LogP contribution >= 0.6 is 0 Å². The molecule has 0 N–H and O–H groups in total. The Morgan fingerprint density at radius 3 is 2.44 bits per heavy atom. The fraction of sp³-hybridized carbons (Fsp3) is 0.375. The number of hydrogen-bond donors (Lipinski definition) is 0. The number of aromatic nitrogens is 1. The Morgan fingerprint density at radius 1 is 1.19 bits per heavy atom. The van der Waals surface area contributed by atoms with Gasteiger partial charge in [-0.3, -0.25) is 0 Å². The van der Waals surface area contributed by atoms with E-state index in [1.54, 1.807) is 6.07 Å². The lowest BCUT2D eigenvalue weighted by Gasteiger charge is -2.36. The number of alkyl halides is 3. The van der Waals surface area contributed by atoms with Crippen LogP contribution in [0.15, 0.2) is 35.1 Å². The molecule has 0 aliphatic carbocycles. The van der Waals surface area contributed by atoms with Crippen LogP contribution in [-0.2, 0) is 22.0 Å². The first kappa shape index (κ1) is 19.2. The molecule has 0 radical (unpaired) electrons. The second kappa shape index (κ2) is 7.21. The van der Waals surface area contributed by atoms with Crippen molar-refractivity contribution in [3.05, 3.63) is 47.3 Å². The molecular weight excluding hydrogens is 385 g/mol. The topological polar surface area (TPSA) is 90.4 Å². The number of nitriles is 1. The molecule has 1 aliphatic heterocycles. The summed E-state index contributed by atoms with van der Waals surface area (Å²) in [7, 11) is -3.64. The highest BCUT2D eigenvalue weighted by atomic mass is 32.2. The molecule has 0 saturated carbocycles. The maximum Gasteiger partial charge on any atom is 0.418 e. The lowest BCUT2D eigenvalue weighted by molar-refractivity contribution is -0.137. The minimum absolute atomic E-state index is 0.0531. The van der Waals surface area contributed by atoms with Crippen LogP contribution in [0.5, 0.6) is 0 Å². The Morgan fingerprint density at radius 2 is 1.89 bits per heavy atom. The van der Waals surface area contributed by atoms with E-state index in [0.29, 0.717) is 0 Å². The van der Waals surface area contributed by atoms with Crippen LogP contribution in [0.3, 0.4) is 0 Å². The van der Waals surface area contributed by atoms with Gasteiger partial charge in [-0.05, 0) is 18.2 Å². The Labute approximate surface area is 153 Å². The largest absolute Gasteiger partial charge is 0.418 e. The van der Waals surface area contributed by atoms with Gasteiger partial charge in [-0.15, -0.1) is 0 Å². The van der Waals surface area contributed by atoms with Gasteiger partial charge in [0, 0.05) is 37.9 Å². The molecule has 0 spiro atoms. The SMILES string of the molecule is N#Cc1ccc(N2CCN(S(=O)(=O)Cc3ccon3)CC2)c(C(F)(F)F)c1. The lowest BCUT2D eigenvalue weighted by atomic mass is 10.1. The Balaban J connectivity index is 1.75. The second-order valence-electron chi connectivity index (χ2n) is 5.97. The van der Waals surface area contributed by atoms with E-state index < -0.39 is 21.8 Å². The summed E-state index contributed by atoms with van der Waals surface area (Å²) >= 11 is 0. The normalized spacial score (nSPS) is 16.3. The zero-order valence-electron chi connectivity index (χ0n) is 14.0. The third-order valence-electron chi connectivity index (χ3n) is 4.23. The van der Waals surface area contributed by atoms with E-state index in [0.717, 1.165) is 6.07 Å². The molecule has 0 bridgehead atoms. The first-order chi connectivity index (χ1) is 12.7. The van der Waals surface area contributed by atoms with E-state index in [4.69, 9.17) is 5.26 Å². The summed E-state index contributed by atoms with van der Waals surface area (Å²) in [6, 6.07) is 6.52. The Hall–Kier alpha value is -2.58. The van der Waals surface area contributed by atoms with Crippen molar-refractivity contribution in [1.29, 1.82) is 5.26 Å². The highest BCUT2D eigenvalue weighted by Gasteiger charge is 2.36. The molecule has 7 nitrogen and oxygen atoms in total. The van der Waals surface area contributed by atoms with Gasteiger partial charge < -0.3 is 9.42 Å². The molecule has 1 fully saturated rings. The molecule has 27 heavy (non-hydrogen) atoms. The smallest absolute Gasteiger partial charge is 0.368 e. The van der Waals surface area contributed by atoms with E-state index in [1.165, 1.54) is 33.7 Å².